The number of para-hydroxylation sites is 1. The van der Waals surface area contributed by atoms with Crippen LogP contribution in [0.1, 0.15) is 43.5 Å². The highest BCUT2D eigenvalue weighted by Crippen LogP contribution is 2.24. The van der Waals surface area contributed by atoms with Crippen LogP contribution in [0.15, 0.2) is 18.2 Å². The maximum atomic E-state index is 11.4. The van der Waals surface area contributed by atoms with Crippen LogP contribution in [0.4, 0.5) is 0 Å². The van der Waals surface area contributed by atoms with E-state index in [4.69, 9.17) is 0 Å². The molecule has 0 amide bonds. The second-order valence-electron chi connectivity index (χ2n) is 5.47. The summed E-state index contributed by atoms with van der Waals surface area (Å²) in [6.45, 7) is 4.29. The Hall–Kier alpha value is -2.11. The molecule has 1 aromatic heterocycles. The van der Waals surface area contributed by atoms with Crippen LogP contribution in [0.2, 0.25) is 0 Å². The van der Waals surface area contributed by atoms with Gasteiger partial charge in [-0.1, -0.05) is 6.07 Å². The van der Waals surface area contributed by atoms with E-state index in [1.807, 2.05) is 0 Å². The monoisotopic (exact) mass is 274 g/mol. The second-order valence-corrected chi connectivity index (χ2v) is 5.47. The molecule has 6 heteroatoms. The quantitative estimate of drug-likeness (QED) is 0.907. The van der Waals surface area contributed by atoms with Crippen molar-refractivity contribution in [2.45, 2.75) is 45.2 Å². The highest BCUT2D eigenvalue weighted by Gasteiger charge is 2.28. The number of rotatable bonds is 2. The van der Waals surface area contributed by atoms with E-state index in [1.165, 1.54) is 6.42 Å². The zero-order chi connectivity index (χ0) is 14.3. The van der Waals surface area contributed by atoms with Crippen LogP contribution >= 0.6 is 0 Å². The summed E-state index contributed by atoms with van der Waals surface area (Å²) in [5.41, 5.74) is 1.45. The SMILES string of the molecule is CC1CCCC(C)N1n1nnc2cccc(C(=O)O)c21. The maximum absolute atomic E-state index is 11.4. The number of carboxylic acids is 1. The van der Waals surface area contributed by atoms with Crippen LogP contribution in [0.5, 0.6) is 0 Å². The first kappa shape index (κ1) is 12.9. The molecule has 1 aliphatic heterocycles. The van der Waals surface area contributed by atoms with Gasteiger partial charge in [-0.3, -0.25) is 5.01 Å². The van der Waals surface area contributed by atoms with E-state index in [9.17, 15) is 9.90 Å². The highest BCUT2D eigenvalue weighted by molar-refractivity contribution is 6.00. The highest BCUT2D eigenvalue weighted by atomic mass is 16.4. The van der Waals surface area contributed by atoms with E-state index >= 15 is 0 Å². The molecule has 1 aliphatic rings. The Labute approximate surface area is 117 Å². The molecular weight excluding hydrogens is 256 g/mol. The van der Waals surface area contributed by atoms with Gasteiger partial charge in [0.05, 0.1) is 5.56 Å². The molecule has 2 atom stereocenters. The molecule has 0 radical (unpaired) electrons. The van der Waals surface area contributed by atoms with E-state index in [-0.39, 0.29) is 5.56 Å². The number of benzene rings is 1. The van der Waals surface area contributed by atoms with E-state index in [1.54, 1.807) is 23.0 Å². The first-order chi connectivity index (χ1) is 9.59. The summed E-state index contributed by atoms with van der Waals surface area (Å²) in [5.74, 6) is -0.948. The van der Waals surface area contributed by atoms with Crippen molar-refractivity contribution in [1.82, 2.24) is 15.1 Å². The lowest BCUT2D eigenvalue weighted by Gasteiger charge is -2.40. The van der Waals surface area contributed by atoms with Gasteiger partial charge in [0, 0.05) is 12.1 Å². The van der Waals surface area contributed by atoms with Crippen LogP contribution in [-0.2, 0) is 0 Å². The van der Waals surface area contributed by atoms with Crippen molar-refractivity contribution < 1.29 is 9.90 Å². The number of aromatic carboxylic acids is 1. The van der Waals surface area contributed by atoms with Gasteiger partial charge in [0.15, 0.2) is 0 Å². The molecular formula is C14H18N4O2. The third-order valence-electron chi connectivity index (χ3n) is 4.05. The standard InChI is InChI=1S/C14H18N4O2/c1-9-5-3-6-10(2)17(9)18-13-11(14(19)20)7-4-8-12(13)15-16-18/h4,7-10H,3,5-6H2,1-2H3,(H,19,20). The van der Waals surface area contributed by atoms with Crippen molar-refractivity contribution in [1.29, 1.82) is 0 Å². The number of hydrogen-bond acceptors (Lipinski definition) is 4. The molecule has 3 rings (SSSR count). The Bertz CT molecular complexity index is 642. The Morgan fingerprint density at radius 1 is 1.30 bits per heavy atom. The molecule has 0 spiro atoms. The third-order valence-corrected chi connectivity index (χ3v) is 4.05. The minimum absolute atomic E-state index is 0.248. The number of piperidine rings is 1. The zero-order valence-corrected chi connectivity index (χ0v) is 11.7. The van der Waals surface area contributed by atoms with Gasteiger partial charge in [0.1, 0.15) is 11.0 Å². The molecule has 1 fully saturated rings. The van der Waals surface area contributed by atoms with Crippen molar-refractivity contribution in [2.24, 2.45) is 0 Å². The molecule has 0 bridgehead atoms. The zero-order valence-electron chi connectivity index (χ0n) is 11.7. The molecule has 6 nitrogen and oxygen atoms in total. The minimum atomic E-state index is -0.948. The van der Waals surface area contributed by atoms with Gasteiger partial charge in [0.2, 0.25) is 0 Å². The second kappa shape index (κ2) is 4.77. The summed E-state index contributed by atoms with van der Waals surface area (Å²) in [7, 11) is 0. The fourth-order valence-corrected chi connectivity index (χ4v) is 3.07. The van der Waals surface area contributed by atoms with Crippen LogP contribution in [0.3, 0.4) is 0 Å². The molecule has 20 heavy (non-hydrogen) atoms. The van der Waals surface area contributed by atoms with Crippen LogP contribution in [0, 0.1) is 0 Å². The largest absolute Gasteiger partial charge is 0.478 e. The molecule has 2 unspecified atom stereocenters. The molecule has 0 aliphatic carbocycles. The predicted octanol–water partition coefficient (Wildman–Crippen LogP) is 2.03. The Kier molecular flexibility index (Phi) is 3.08. The van der Waals surface area contributed by atoms with Crippen molar-refractivity contribution in [3.8, 4) is 0 Å². The van der Waals surface area contributed by atoms with Gasteiger partial charge in [-0.2, -0.15) is 4.79 Å². The van der Waals surface area contributed by atoms with E-state index in [0.717, 1.165) is 12.8 Å². The summed E-state index contributed by atoms with van der Waals surface area (Å²) < 4.78 is 0. The smallest absolute Gasteiger partial charge is 0.338 e. The van der Waals surface area contributed by atoms with Gasteiger partial charge in [-0.05, 0) is 50.5 Å². The molecule has 106 valence electrons. The van der Waals surface area contributed by atoms with Gasteiger partial charge in [0.25, 0.3) is 0 Å². The van der Waals surface area contributed by atoms with Gasteiger partial charge in [-0.15, -0.1) is 5.10 Å². The predicted molar refractivity (Wildman–Crippen MR) is 75.5 cm³/mol. The maximum Gasteiger partial charge on any atom is 0.338 e. The molecule has 1 aromatic carbocycles. The van der Waals surface area contributed by atoms with E-state index in [0.29, 0.717) is 23.1 Å². The number of hydrogen-bond donors (Lipinski definition) is 1. The summed E-state index contributed by atoms with van der Waals surface area (Å²) in [6.07, 6.45) is 3.36. The third kappa shape index (κ3) is 1.92. The lowest BCUT2D eigenvalue weighted by molar-refractivity contribution is 0.0698. The molecule has 2 heterocycles. The molecule has 2 aromatic rings. The summed E-state index contributed by atoms with van der Waals surface area (Å²) in [6, 6.07) is 5.75. The summed E-state index contributed by atoms with van der Waals surface area (Å²) in [5, 5.41) is 19.8. The summed E-state index contributed by atoms with van der Waals surface area (Å²) in [4.78, 5) is 13.1. The molecule has 1 N–H and O–H groups in total. The Balaban J connectivity index is 2.18. The van der Waals surface area contributed by atoms with E-state index in [2.05, 4.69) is 29.2 Å². The number of nitrogens with zero attached hydrogens (tertiary/aromatic N) is 4. The first-order valence-corrected chi connectivity index (χ1v) is 6.96. The molecule has 0 saturated carbocycles. The lowest BCUT2D eigenvalue weighted by Crippen LogP contribution is -2.51. The number of aromatic nitrogens is 3. The fourth-order valence-electron chi connectivity index (χ4n) is 3.07. The van der Waals surface area contributed by atoms with Gasteiger partial charge in [-0.25, -0.2) is 4.79 Å². The minimum Gasteiger partial charge on any atom is -0.478 e. The van der Waals surface area contributed by atoms with Crippen molar-refractivity contribution in [3.63, 3.8) is 0 Å². The lowest BCUT2D eigenvalue weighted by atomic mass is 10.00. The topological polar surface area (TPSA) is 71.2 Å². The van der Waals surface area contributed by atoms with Gasteiger partial charge >= 0.3 is 5.97 Å². The Morgan fingerprint density at radius 2 is 2.00 bits per heavy atom. The molecule has 1 saturated heterocycles. The number of fused-ring (bicyclic) bond motifs is 1. The Morgan fingerprint density at radius 3 is 2.65 bits per heavy atom. The van der Waals surface area contributed by atoms with Gasteiger partial charge < -0.3 is 5.11 Å². The van der Waals surface area contributed by atoms with Crippen molar-refractivity contribution in [2.75, 3.05) is 5.01 Å². The fraction of sp³-hybridized carbons (Fsp3) is 0.500. The number of carbonyl (C=O) groups is 1. The van der Waals surface area contributed by atoms with Crippen LogP contribution in [0.25, 0.3) is 11.0 Å². The average Bonchev–Trinajstić information content (AvgIpc) is 2.82. The first-order valence-electron chi connectivity index (χ1n) is 6.96. The number of carboxylic acid groups (broad SMARTS) is 1. The summed E-state index contributed by atoms with van der Waals surface area (Å²) >= 11 is 0. The van der Waals surface area contributed by atoms with Crippen molar-refractivity contribution >= 4 is 17.0 Å². The van der Waals surface area contributed by atoms with Crippen LogP contribution < -0.4 is 5.01 Å². The van der Waals surface area contributed by atoms with E-state index < -0.39 is 5.97 Å². The normalized spacial score (nSPS) is 23.2. The van der Waals surface area contributed by atoms with Crippen molar-refractivity contribution in [3.05, 3.63) is 23.8 Å². The average molecular weight is 274 g/mol. The van der Waals surface area contributed by atoms with Crippen LogP contribution in [-0.4, -0.2) is 38.3 Å².